The number of carbonyl (C=O) groups excluding carboxylic acids is 1. The molecule has 0 saturated heterocycles. The van der Waals surface area contributed by atoms with E-state index in [0.29, 0.717) is 17.3 Å². The predicted molar refractivity (Wildman–Crippen MR) is 108 cm³/mol. The van der Waals surface area contributed by atoms with E-state index in [1.807, 2.05) is 32.0 Å². The van der Waals surface area contributed by atoms with Crippen LogP contribution < -0.4 is 9.64 Å². The molecule has 0 aliphatic rings. The molecule has 0 N–H and O–H groups in total. The number of rotatable bonds is 6. The van der Waals surface area contributed by atoms with Gasteiger partial charge in [0.2, 0.25) is 5.88 Å². The second-order valence-electron chi connectivity index (χ2n) is 6.67. The normalized spacial score (nSPS) is 10.7. The smallest absolute Gasteiger partial charge is 0.294 e. The van der Waals surface area contributed by atoms with Crippen molar-refractivity contribution in [2.24, 2.45) is 0 Å². The summed E-state index contributed by atoms with van der Waals surface area (Å²) in [5, 5.41) is 0. The Labute approximate surface area is 168 Å². The van der Waals surface area contributed by atoms with E-state index >= 15 is 0 Å². The zero-order chi connectivity index (χ0) is 20.2. The highest BCUT2D eigenvalue weighted by Gasteiger charge is 2.22. The van der Waals surface area contributed by atoms with E-state index in [9.17, 15) is 4.79 Å². The number of carbonyl (C=O) groups is 1. The minimum atomic E-state index is -0.281. The van der Waals surface area contributed by atoms with Gasteiger partial charge in [-0.05, 0) is 55.8 Å². The highest BCUT2D eigenvalue weighted by molar-refractivity contribution is 6.03. The van der Waals surface area contributed by atoms with E-state index in [1.165, 1.54) is 11.8 Å². The maximum absolute atomic E-state index is 12.9. The minimum absolute atomic E-state index is 0.243. The summed E-state index contributed by atoms with van der Waals surface area (Å²) in [7, 11) is 0. The number of hydrogen-bond donors (Lipinski definition) is 0. The molecule has 0 bridgehead atoms. The summed E-state index contributed by atoms with van der Waals surface area (Å²) in [6, 6.07) is 16.4. The van der Waals surface area contributed by atoms with Crippen molar-refractivity contribution in [1.82, 2.24) is 4.98 Å². The van der Waals surface area contributed by atoms with Gasteiger partial charge in [-0.15, -0.1) is 0 Å². The fourth-order valence-corrected chi connectivity index (χ4v) is 2.99. The first-order valence-corrected chi connectivity index (χ1v) is 9.19. The van der Waals surface area contributed by atoms with Crippen molar-refractivity contribution < 1.29 is 18.4 Å². The molecule has 0 aliphatic carbocycles. The van der Waals surface area contributed by atoms with Gasteiger partial charge in [0.05, 0.1) is 31.0 Å². The molecule has 6 heteroatoms. The van der Waals surface area contributed by atoms with Crippen LogP contribution in [0.25, 0.3) is 0 Å². The highest BCUT2D eigenvalue weighted by Crippen LogP contribution is 2.27. The van der Waals surface area contributed by atoms with Crippen molar-refractivity contribution >= 4 is 11.6 Å². The maximum atomic E-state index is 12.9. The van der Waals surface area contributed by atoms with Crippen molar-refractivity contribution in [3.05, 3.63) is 96.0 Å². The summed E-state index contributed by atoms with van der Waals surface area (Å²) in [5.41, 5.74) is 2.81. The maximum Gasteiger partial charge on any atom is 0.294 e. The molecular formula is C23H20N2O4. The van der Waals surface area contributed by atoms with Gasteiger partial charge in [-0.3, -0.25) is 9.69 Å². The van der Waals surface area contributed by atoms with Crippen LogP contribution in [0.5, 0.6) is 11.6 Å². The lowest BCUT2D eigenvalue weighted by Gasteiger charge is -2.20. The predicted octanol–water partition coefficient (Wildman–Crippen LogP) is 5.52. The summed E-state index contributed by atoms with van der Waals surface area (Å²) < 4.78 is 16.6. The van der Waals surface area contributed by atoms with Crippen molar-refractivity contribution in [1.29, 1.82) is 0 Å². The summed E-state index contributed by atoms with van der Waals surface area (Å²) in [5.74, 6) is 1.81. The summed E-state index contributed by atoms with van der Waals surface area (Å²) >= 11 is 0. The Morgan fingerprint density at radius 1 is 1.03 bits per heavy atom. The van der Waals surface area contributed by atoms with Crippen LogP contribution in [0.15, 0.2) is 82.2 Å². The minimum Gasteiger partial charge on any atom is -0.467 e. The zero-order valence-corrected chi connectivity index (χ0v) is 16.2. The van der Waals surface area contributed by atoms with E-state index in [-0.39, 0.29) is 18.2 Å². The van der Waals surface area contributed by atoms with E-state index < -0.39 is 0 Å². The third-order valence-electron chi connectivity index (χ3n) is 4.45. The van der Waals surface area contributed by atoms with Crippen molar-refractivity contribution in [3.63, 3.8) is 0 Å². The number of anilines is 1. The van der Waals surface area contributed by atoms with E-state index in [0.717, 1.165) is 11.3 Å². The van der Waals surface area contributed by atoms with Gasteiger partial charge in [0.1, 0.15) is 11.5 Å². The Hall–Kier alpha value is -3.80. The number of amides is 1. The van der Waals surface area contributed by atoms with E-state index in [2.05, 4.69) is 11.1 Å². The lowest BCUT2D eigenvalue weighted by atomic mass is 10.1. The quantitative estimate of drug-likeness (QED) is 0.435. The van der Waals surface area contributed by atoms with Crippen LogP contribution in [-0.4, -0.2) is 10.9 Å². The van der Waals surface area contributed by atoms with Crippen LogP contribution in [-0.2, 0) is 6.54 Å². The van der Waals surface area contributed by atoms with Gasteiger partial charge in [-0.1, -0.05) is 17.7 Å². The number of furan rings is 2. The molecule has 4 aromatic rings. The molecule has 1 aromatic carbocycles. The number of aryl methyl sites for hydroxylation is 2. The molecule has 0 fully saturated rings. The fourth-order valence-electron chi connectivity index (χ4n) is 2.99. The second-order valence-corrected chi connectivity index (χ2v) is 6.67. The first kappa shape index (κ1) is 18.6. The van der Waals surface area contributed by atoms with Crippen LogP contribution in [0.2, 0.25) is 0 Å². The molecule has 0 aliphatic heterocycles. The first-order chi connectivity index (χ1) is 14.1. The van der Waals surface area contributed by atoms with Gasteiger partial charge in [0.25, 0.3) is 5.91 Å². The van der Waals surface area contributed by atoms with E-state index in [4.69, 9.17) is 13.6 Å². The van der Waals surface area contributed by atoms with Gasteiger partial charge in [0.15, 0.2) is 5.76 Å². The largest absolute Gasteiger partial charge is 0.467 e. The van der Waals surface area contributed by atoms with Gasteiger partial charge in [0, 0.05) is 6.07 Å². The molecule has 0 spiro atoms. The SMILES string of the molecule is Cc1ccc(Oc2ccc(N(Cc3ccco3)C(=O)c3ccco3)cn2)c(C)c1. The van der Waals surface area contributed by atoms with Gasteiger partial charge < -0.3 is 13.6 Å². The van der Waals surface area contributed by atoms with Gasteiger partial charge in [-0.2, -0.15) is 0 Å². The van der Waals surface area contributed by atoms with Crippen LogP contribution in [0.4, 0.5) is 5.69 Å². The average molecular weight is 388 g/mol. The molecule has 0 unspecified atom stereocenters. The van der Waals surface area contributed by atoms with Crippen LogP contribution in [0, 0.1) is 13.8 Å². The van der Waals surface area contributed by atoms with E-state index in [1.54, 1.807) is 47.7 Å². The van der Waals surface area contributed by atoms with Gasteiger partial charge in [-0.25, -0.2) is 4.98 Å². The molecule has 0 saturated carbocycles. The number of hydrogen-bond acceptors (Lipinski definition) is 5. The molecule has 6 nitrogen and oxygen atoms in total. The monoisotopic (exact) mass is 388 g/mol. The summed E-state index contributed by atoms with van der Waals surface area (Å²) in [6.07, 6.45) is 4.64. The molecule has 0 atom stereocenters. The third-order valence-corrected chi connectivity index (χ3v) is 4.45. The van der Waals surface area contributed by atoms with Crippen LogP contribution >= 0.6 is 0 Å². The van der Waals surface area contributed by atoms with Crippen LogP contribution in [0.1, 0.15) is 27.4 Å². The number of nitrogens with zero attached hydrogens (tertiary/aromatic N) is 2. The Kier molecular flexibility index (Phi) is 5.16. The van der Waals surface area contributed by atoms with Crippen LogP contribution in [0.3, 0.4) is 0 Å². The molecular weight excluding hydrogens is 368 g/mol. The zero-order valence-electron chi connectivity index (χ0n) is 16.2. The molecule has 3 aromatic heterocycles. The topological polar surface area (TPSA) is 68.7 Å². The van der Waals surface area contributed by atoms with Crippen molar-refractivity contribution in [2.75, 3.05) is 4.90 Å². The summed E-state index contributed by atoms with van der Waals surface area (Å²) in [6.45, 7) is 4.28. The number of pyridine rings is 1. The standard InChI is InChI=1S/C23H20N2O4/c1-16-7-9-20(17(2)13-16)29-22-10-8-18(14-24-22)25(15-19-5-3-11-27-19)23(26)21-6-4-12-28-21/h3-14H,15H2,1-2H3. The number of benzene rings is 1. The number of ether oxygens (including phenoxy) is 1. The molecule has 146 valence electrons. The molecule has 29 heavy (non-hydrogen) atoms. The Balaban J connectivity index is 1.58. The first-order valence-electron chi connectivity index (χ1n) is 9.19. The average Bonchev–Trinajstić information content (AvgIpc) is 3.43. The number of aromatic nitrogens is 1. The van der Waals surface area contributed by atoms with Crippen molar-refractivity contribution in [3.8, 4) is 11.6 Å². The molecule has 4 rings (SSSR count). The lowest BCUT2D eigenvalue weighted by Crippen LogP contribution is -2.30. The van der Waals surface area contributed by atoms with Gasteiger partial charge >= 0.3 is 0 Å². The Morgan fingerprint density at radius 2 is 1.86 bits per heavy atom. The van der Waals surface area contributed by atoms with Crippen molar-refractivity contribution in [2.45, 2.75) is 20.4 Å². The third kappa shape index (κ3) is 4.21. The molecule has 0 radical (unpaired) electrons. The Bertz CT molecular complexity index is 1080. The summed E-state index contributed by atoms with van der Waals surface area (Å²) in [4.78, 5) is 18.8. The molecule has 3 heterocycles. The highest BCUT2D eigenvalue weighted by atomic mass is 16.5. The second kappa shape index (κ2) is 8.06. The Morgan fingerprint density at radius 3 is 2.52 bits per heavy atom. The lowest BCUT2D eigenvalue weighted by molar-refractivity contribution is 0.0956. The fraction of sp³-hybridized carbons (Fsp3) is 0.130. The molecule has 1 amide bonds.